The van der Waals surface area contributed by atoms with E-state index in [-0.39, 0.29) is 24.0 Å². The molecule has 9 heteroatoms. The van der Waals surface area contributed by atoms with Crippen LogP contribution in [-0.2, 0) is 11.0 Å². The Morgan fingerprint density at radius 2 is 1.87 bits per heavy atom. The molecule has 1 amide bonds. The van der Waals surface area contributed by atoms with Crippen LogP contribution in [0.25, 0.3) is 0 Å². The molecule has 0 spiro atoms. The van der Waals surface area contributed by atoms with E-state index in [2.05, 4.69) is 4.98 Å². The summed E-state index contributed by atoms with van der Waals surface area (Å²) in [6.45, 7) is 6.01. The number of pyridine rings is 1. The molecule has 1 aromatic heterocycles. The van der Waals surface area contributed by atoms with Gasteiger partial charge in [0, 0.05) is 32.4 Å². The summed E-state index contributed by atoms with van der Waals surface area (Å²) in [6.07, 6.45) is -3.45. The topological polar surface area (TPSA) is 45.7 Å². The summed E-state index contributed by atoms with van der Waals surface area (Å²) < 4.78 is 44.0. The molecule has 0 unspecified atom stereocenters. The molecule has 30 heavy (non-hydrogen) atoms. The van der Waals surface area contributed by atoms with Crippen LogP contribution < -0.4 is 9.64 Å². The predicted molar refractivity (Wildman–Crippen MR) is 109 cm³/mol. The van der Waals surface area contributed by atoms with E-state index in [1.54, 1.807) is 9.80 Å². The minimum absolute atomic E-state index is 0.0218. The van der Waals surface area contributed by atoms with Crippen LogP contribution in [0.5, 0.6) is 5.75 Å². The van der Waals surface area contributed by atoms with Crippen LogP contribution in [0.3, 0.4) is 0 Å². The van der Waals surface area contributed by atoms with E-state index in [4.69, 9.17) is 16.3 Å². The molecule has 1 saturated heterocycles. The average molecular weight is 442 g/mol. The first-order valence-electron chi connectivity index (χ1n) is 9.60. The molecule has 0 atom stereocenters. The van der Waals surface area contributed by atoms with Crippen LogP contribution in [0.2, 0.25) is 5.02 Å². The molecule has 0 saturated carbocycles. The second-order valence-electron chi connectivity index (χ2n) is 7.26. The van der Waals surface area contributed by atoms with Gasteiger partial charge in [-0.05, 0) is 37.1 Å². The zero-order valence-electron chi connectivity index (χ0n) is 16.8. The van der Waals surface area contributed by atoms with Crippen molar-refractivity contribution >= 4 is 23.3 Å². The smallest absolute Gasteiger partial charge is 0.417 e. The standard InChI is InChI=1S/C21H23ClF3N3O2/c1-14-3-4-15(2)18(11-14)30-10-5-19(29)27-6-8-28(9-7-27)20-17(22)12-16(13-26-20)21(23,24)25/h3-4,11-13H,5-10H2,1-2H3. The van der Waals surface area contributed by atoms with Crippen molar-refractivity contribution in [1.82, 2.24) is 9.88 Å². The first-order chi connectivity index (χ1) is 14.1. The van der Waals surface area contributed by atoms with Gasteiger partial charge in [0.25, 0.3) is 0 Å². The number of carbonyl (C=O) groups is 1. The maximum absolute atomic E-state index is 12.8. The molecule has 0 N–H and O–H groups in total. The zero-order valence-corrected chi connectivity index (χ0v) is 17.6. The highest BCUT2D eigenvalue weighted by atomic mass is 35.5. The molecule has 2 heterocycles. The van der Waals surface area contributed by atoms with Crippen molar-refractivity contribution in [2.24, 2.45) is 0 Å². The Hall–Kier alpha value is -2.48. The molecule has 0 bridgehead atoms. The fraction of sp³-hybridized carbons (Fsp3) is 0.429. The van der Waals surface area contributed by atoms with E-state index in [1.807, 2.05) is 32.0 Å². The minimum Gasteiger partial charge on any atom is -0.493 e. The molecule has 162 valence electrons. The number of benzene rings is 1. The molecule has 2 aromatic rings. The highest BCUT2D eigenvalue weighted by Crippen LogP contribution is 2.33. The molecular weight excluding hydrogens is 419 g/mol. The van der Waals surface area contributed by atoms with Crippen molar-refractivity contribution < 1.29 is 22.7 Å². The number of anilines is 1. The summed E-state index contributed by atoms with van der Waals surface area (Å²) in [5.41, 5.74) is 1.23. The van der Waals surface area contributed by atoms with Crippen LogP contribution >= 0.6 is 11.6 Å². The maximum Gasteiger partial charge on any atom is 0.417 e. The van der Waals surface area contributed by atoms with Gasteiger partial charge in [-0.3, -0.25) is 4.79 Å². The van der Waals surface area contributed by atoms with Crippen molar-refractivity contribution in [3.63, 3.8) is 0 Å². The Balaban J connectivity index is 1.50. The number of hydrogen-bond donors (Lipinski definition) is 0. The number of alkyl halides is 3. The Bertz CT molecular complexity index is 913. The first-order valence-corrected chi connectivity index (χ1v) is 9.98. The molecule has 1 fully saturated rings. The number of ether oxygens (including phenoxy) is 1. The third-order valence-corrected chi connectivity index (χ3v) is 5.28. The van der Waals surface area contributed by atoms with Gasteiger partial charge in [-0.15, -0.1) is 0 Å². The number of nitrogens with zero attached hydrogens (tertiary/aromatic N) is 3. The molecule has 0 radical (unpaired) electrons. The Labute approximate surface area is 178 Å². The number of aryl methyl sites for hydroxylation is 2. The molecule has 5 nitrogen and oxygen atoms in total. The number of amides is 1. The number of halogens is 4. The van der Waals surface area contributed by atoms with Gasteiger partial charge in [-0.25, -0.2) is 4.98 Å². The average Bonchev–Trinajstić information content (AvgIpc) is 2.70. The van der Waals surface area contributed by atoms with E-state index in [0.717, 1.165) is 29.1 Å². The van der Waals surface area contributed by atoms with Gasteiger partial charge in [0.1, 0.15) is 11.6 Å². The summed E-state index contributed by atoms with van der Waals surface area (Å²) >= 11 is 6.02. The van der Waals surface area contributed by atoms with Gasteiger partial charge in [-0.2, -0.15) is 13.2 Å². The second kappa shape index (κ2) is 9.12. The summed E-state index contributed by atoms with van der Waals surface area (Å²) in [5, 5.41) is -0.0495. The monoisotopic (exact) mass is 441 g/mol. The fourth-order valence-electron chi connectivity index (χ4n) is 3.26. The lowest BCUT2D eigenvalue weighted by atomic mass is 10.1. The number of carbonyl (C=O) groups excluding carboxylic acids is 1. The minimum atomic E-state index is -4.49. The van der Waals surface area contributed by atoms with Crippen molar-refractivity contribution in [2.75, 3.05) is 37.7 Å². The summed E-state index contributed by atoms with van der Waals surface area (Å²) in [7, 11) is 0. The lowest BCUT2D eigenvalue weighted by molar-refractivity contribution is -0.138. The lowest BCUT2D eigenvalue weighted by Crippen LogP contribution is -2.49. The van der Waals surface area contributed by atoms with Crippen LogP contribution in [0, 0.1) is 13.8 Å². The third kappa shape index (κ3) is 5.36. The lowest BCUT2D eigenvalue weighted by Gasteiger charge is -2.35. The fourth-order valence-corrected chi connectivity index (χ4v) is 3.54. The van der Waals surface area contributed by atoms with Gasteiger partial charge in [0.2, 0.25) is 5.91 Å². The van der Waals surface area contributed by atoms with Crippen LogP contribution in [0.4, 0.5) is 19.0 Å². The van der Waals surface area contributed by atoms with Gasteiger partial charge >= 0.3 is 6.18 Å². The number of aromatic nitrogens is 1. The Morgan fingerprint density at radius 1 is 1.17 bits per heavy atom. The van der Waals surface area contributed by atoms with Crippen LogP contribution in [0.15, 0.2) is 30.5 Å². The third-order valence-electron chi connectivity index (χ3n) is 5.00. The predicted octanol–water partition coefficient (Wildman–Crippen LogP) is 4.49. The van der Waals surface area contributed by atoms with E-state index < -0.39 is 11.7 Å². The Kier molecular flexibility index (Phi) is 6.75. The molecule has 1 aliphatic heterocycles. The van der Waals surface area contributed by atoms with Crippen molar-refractivity contribution in [1.29, 1.82) is 0 Å². The van der Waals surface area contributed by atoms with Crippen LogP contribution in [-0.4, -0.2) is 48.6 Å². The van der Waals surface area contributed by atoms with E-state index in [9.17, 15) is 18.0 Å². The molecule has 1 aromatic carbocycles. The SMILES string of the molecule is Cc1ccc(C)c(OCCC(=O)N2CCN(c3ncc(C(F)(F)F)cc3Cl)CC2)c1. The highest BCUT2D eigenvalue weighted by molar-refractivity contribution is 6.33. The normalized spacial score (nSPS) is 14.7. The van der Waals surface area contributed by atoms with Gasteiger partial charge < -0.3 is 14.5 Å². The number of piperazine rings is 1. The van der Waals surface area contributed by atoms with Crippen molar-refractivity contribution in [3.05, 3.63) is 52.2 Å². The molecule has 1 aliphatic rings. The second-order valence-corrected chi connectivity index (χ2v) is 7.67. The quantitative estimate of drug-likeness (QED) is 0.686. The van der Waals surface area contributed by atoms with Gasteiger partial charge in [0.15, 0.2) is 0 Å². The van der Waals surface area contributed by atoms with E-state index >= 15 is 0 Å². The largest absolute Gasteiger partial charge is 0.493 e. The summed E-state index contributed by atoms with van der Waals surface area (Å²) in [5.74, 6) is 1.05. The van der Waals surface area contributed by atoms with Crippen LogP contribution in [0.1, 0.15) is 23.1 Å². The van der Waals surface area contributed by atoms with E-state index in [1.165, 1.54) is 0 Å². The highest BCUT2D eigenvalue weighted by Gasteiger charge is 2.32. The zero-order chi connectivity index (χ0) is 21.9. The Morgan fingerprint density at radius 3 is 2.50 bits per heavy atom. The van der Waals surface area contributed by atoms with Crippen molar-refractivity contribution in [3.8, 4) is 5.75 Å². The maximum atomic E-state index is 12.8. The van der Waals surface area contributed by atoms with Gasteiger partial charge in [-0.1, -0.05) is 23.7 Å². The summed E-state index contributed by atoms with van der Waals surface area (Å²) in [4.78, 5) is 19.9. The number of rotatable bonds is 5. The summed E-state index contributed by atoms with van der Waals surface area (Å²) in [6, 6.07) is 6.81. The molecule has 0 aliphatic carbocycles. The van der Waals surface area contributed by atoms with E-state index in [0.29, 0.717) is 32.0 Å². The number of hydrogen-bond acceptors (Lipinski definition) is 4. The van der Waals surface area contributed by atoms with Crippen molar-refractivity contribution in [2.45, 2.75) is 26.4 Å². The molecular formula is C21H23ClF3N3O2. The van der Waals surface area contributed by atoms with Gasteiger partial charge in [0.05, 0.1) is 23.6 Å². The molecule has 3 rings (SSSR count). The first kappa shape index (κ1) is 22.2.